The van der Waals surface area contributed by atoms with Gasteiger partial charge < -0.3 is 15.0 Å². The van der Waals surface area contributed by atoms with Crippen molar-refractivity contribution in [3.05, 3.63) is 23.8 Å². The van der Waals surface area contributed by atoms with E-state index in [4.69, 9.17) is 4.74 Å². The lowest BCUT2D eigenvalue weighted by atomic mass is 9.73. The first-order chi connectivity index (χ1) is 11.2. The topological polar surface area (TPSA) is 100 Å². The van der Waals surface area contributed by atoms with Gasteiger partial charge >= 0.3 is 12.1 Å². The van der Waals surface area contributed by atoms with Gasteiger partial charge in [0.2, 0.25) is 0 Å². The predicted molar refractivity (Wildman–Crippen MR) is 80.8 cm³/mol. The number of nitrogens with one attached hydrogen (secondary N) is 2. The van der Waals surface area contributed by atoms with Gasteiger partial charge in [-0.05, 0) is 36.5 Å². The highest BCUT2D eigenvalue weighted by atomic mass is 16.6. The molecule has 0 saturated carbocycles. The van der Waals surface area contributed by atoms with Gasteiger partial charge in [0.05, 0.1) is 5.56 Å². The maximum Gasteiger partial charge on any atom is 0.417 e. The van der Waals surface area contributed by atoms with Crippen LogP contribution in [-0.2, 0) is 4.74 Å². The molecule has 0 radical (unpaired) electrons. The van der Waals surface area contributed by atoms with Gasteiger partial charge in [0.15, 0.2) is 0 Å². The molecule has 0 atom stereocenters. The summed E-state index contributed by atoms with van der Waals surface area (Å²) in [5.74, 6) is -0.662. The largest absolute Gasteiger partial charge is 0.417 e. The fraction of sp³-hybridized carbons (Fsp3) is 0.467. The van der Waals surface area contributed by atoms with Crippen LogP contribution in [-0.4, -0.2) is 58.6 Å². The average molecular weight is 315 g/mol. The number of carbonyl (C=O) groups excluding carboxylic acids is 2. The van der Waals surface area contributed by atoms with Crippen LogP contribution >= 0.6 is 0 Å². The van der Waals surface area contributed by atoms with Gasteiger partial charge in [0, 0.05) is 26.2 Å². The second kappa shape index (κ2) is 5.31. The first-order valence-corrected chi connectivity index (χ1v) is 7.68. The zero-order valence-corrected chi connectivity index (χ0v) is 12.5. The smallest absolute Gasteiger partial charge is 0.372 e. The SMILES string of the molecule is O=C(OC(=O)N1CCC2(CC1)CNC2)c1ccc2n[nH]nc2c1. The van der Waals surface area contributed by atoms with Crippen LogP contribution in [0.5, 0.6) is 0 Å². The number of amides is 1. The Hall–Kier alpha value is -2.48. The van der Waals surface area contributed by atoms with Crippen LogP contribution in [0.3, 0.4) is 0 Å². The number of benzene rings is 1. The number of hydrogen-bond donors (Lipinski definition) is 2. The molecular weight excluding hydrogens is 298 g/mol. The van der Waals surface area contributed by atoms with Gasteiger partial charge in [0.1, 0.15) is 11.0 Å². The van der Waals surface area contributed by atoms with Crippen molar-refractivity contribution in [3.63, 3.8) is 0 Å². The molecule has 3 heterocycles. The molecule has 23 heavy (non-hydrogen) atoms. The molecule has 4 rings (SSSR count). The highest BCUT2D eigenvalue weighted by Gasteiger charge is 2.41. The van der Waals surface area contributed by atoms with Crippen molar-refractivity contribution in [2.24, 2.45) is 5.41 Å². The Morgan fingerprint density at radius 1 is 1.13 bits per heavy atom. The molecule has 0 bridgehead atoms. The minimum Gasteiger partial charge on any atom is -0.372 e. The summed E-state index contributed by atoms with van der Waals surface area (Å²) in [5.41, 5.74) is 1.85. The zero-order chi connectivity index (χ0) is 15.9. The number of rotatable bonds is 1. The lowest BCUT2D eigenvalue weighted by Gasteiger charge is -2.47. The number of piperidine rings is 1. The van der Waals surface area contributed by atoms with E-state index in [1.807, 2.05) is 0 Å². The third-order valence-corrected chi connectivity index (χ3v) is 4.81. The number of H-pyrrole nitrogens is 1. The van der Waals surface area contributed by atoms with Crippen molar-refractivity contribution in [1.29, 1.82) is 0 Å². The Bertz CT molecular complexity index is 757. The van der Waals surface area contributed by atoms with E-state index in [9.17, 15) is 9.59 Å². The lowest BCUT2D eigenvalue weighted by Crippen LogP contribution is -2.58. The van der Waals surface area contributed by atoms with Crippen molar-refractivity contribution < 1.29 is 14.3 Å². The Labute approximate surface area is 132 Å². The van der Waals surface area contributed by atoms with E-state index in [-0.39, 0.29) is 5.56 Å². The van der Waals surface area contributed by atoms with Gasteiger partial charge in [-0.1, -0.05) is 0 Å². The molecule has 1 aromatic carbocycles. The minimum atomic E-state index is -0.662. The number of nitrogens with zero attached hydrogens (tertiary/aromatic N) is 3. The van der Waals surface area contributed by atoms with Crippen LogP contribution in [0.1, 0.15) is 23.2 Å². The van der Waals surface area contributed by atoms with Crippen LogP contribution in [0.15, 0.2) is 18.2 Å². The Balaban J connectivity index is 1.39. The first-order valence-electron chi connectivity index (χ1n) is 7.68. The first kappa shape index (κ1) is 14.1. The molecular formula is C15H17N5O3. The Morgan fingerprint density at radius 3 is 2.57 bits per heavy atom. The lowest BCUT2D eigenvalue weighted by molar-refractivity contribution is 0.0347. The van der Waals surface area contributed by atoms with Gasteiger partial charge in [-0.3, -0.25) is 0 Å². The summed E-state index contributed by atoms with van der Waals surface area (Å²) >= 11 is 0. The standard InChI is InChI=1S/C15H17N5O3/c21-13(10-1-2-11-12(7-10)18-19-17-11)23-14(22)20-5-3-15(4-6-20)8-16-9-15/h1-2,7,16H,3-6,8-9H2,(H,17,18,19). The quantitative estimate of drug-likeness (QED) is 0.599. The third kappa shape index (κ3) is 2.55. The summed E-state index contributed by atoms with van der Waals surface area (Å²) in [6, 6.07) is 4.79. The van der Waals surface area contributed by atoms with E-state index in [2.05, 4.69) is 20.7 Å². The van der Waals surface area contributed by atoms with E-state index in [1.165, 1.54) is 0 Å². The van der Waals surface area contributed by atoms with E-state index in [1.54, 1.807) is 23.1 Å². The van der Waals surface area contributed by atoms with E-state index < -0.39 is 12.1 Å². The van der Waals surface area contributed by atoms with Crippen LogP contribution in [0.4, 0.5) is 4.79 Å². The number of ether oxygens (including phenoxy) is 1. The molecule has 0 unspecified atom stereocenters. The predicted octanol–water partition coefficient (Wildman–Crippen LogP) is 0.920. The minimum absolute atomic E-state index is 0.288. The van der Waals surface area contributed by atoms with Crippen LogP contribution in [0.2, 0.25) is 0 Å². The molecule has 2 aromatic rings. The molecule has 1 aromatic heterocycles. The van der Waals surface area contributed by atoms with E-state index in [0.29, 0.717) is 29.5 Å². The Kier molecular flexibility index (Phi) is 3.26. The number of likely N-dealkylation sites (tertiary alicyclic amines) is 1. The number of aromatic nitrogens is 3. The highest BCUT2D eigenvalue weighted by molar-refractivity contribution is 5.98. The van der Waals surface area contributed by atoms with Gasteiger partial charge in [0.25, 0.3) is 0 Å². The molecule has 1 spiro atoms. The van der Waals surface area contributed by atoms with Crippen LogP contribution < -0.4 is 5.32 Å². The number of hydrogen-bond acceptors (Lipinski definition) is 6. The van der Waals surface area contributed by atoms with E-state index >= 15 is 0 Å². The number of aromatic amines is 1. The summed E-state index contributed by atoms with van der Waals surface area (Å²) in [7, 11) is 0. The molecule has 120 valence electrons. The van der Waals surface area contributed by atoms with Gasteiger partial charge in [-0.15, -0.1) is 0 Å². The van der Waals surface area contributed by atoms with Crippen LogP contribution in [0.25, 0.3) is 11.0 Å². The normalized spacial score (nSPS) is 19.6. The van der Waals surface area contributed by atoms with Crippen molar-refractivity contribution in [1.82, 2.24) is 25.6 Å². The maximum absolute atomic E-state index is 12.1. The molecule has 8 nitrogen and oxygen atoms in total. The van der Waals surface area contributed by atoms with Gasteiger partial charge in [-0.25, -0.2) is 9.59 Å². The molecule has 2 aliphatic rings. The third-order valence-electron chi connectivity index (χ3n) is 4.81. The monoisotopic (exact) mass is 315 g/mol. The summed E-state index contributed by atoms with van der Waals surface area (Å²) in [5, 5.41) is 13.6. The fourth-order valence-electron chi connectivity index (χ4n) is 3.17. The molecule has 1 amide bonds. The fourth-order valence-corrected chi connectivity index (χ4v) is 3.17. The molecule has 2 aliphatic heterocycles. The van der Waals surface area contributed by atoms with Crippen molar-refractivity contribution in [2.75, 3.05) is 26.2 Å². The Morgan fingerprint density at radius 2 is 1.87 bits per heavy atom. The van der Waals surface area contributed by atoms with Crippen LogP contribution in [0, 0.1) is 5.41 Å². The van der Waals surface area contributed by atoms with Crippen molar-refractivity contribution in [3.8, 4) is 0 Å². The number of esters is 1. The van der Waals surface area contributed by atoms with Gasteiger partial charge in [-0.2, -0.15) is 15.4 Å². The van der Waals surface area contributed by atoms with E-state index in [0.717, 1.165) is 25.9 Å². The highest BCUT2D eigenvalue weighted by Crippen LogP contribution is 2.35. The molecule has 8 heteroatoms. The molecule has 2 saturated heterocycles. The number of carbonyl (C=O) groups is 2. The maximum atomic E-state index is 12.1. The zero-order valence-electron chi connectivity index (χ0n) is 12.5. The second-order valence-corrected chi connectivity index (χ2v) is 6.27. The second-order valence-electron chi connectivity index (χ2n) is 6.27. The summed E-state index contributed by atoms with van der Waals surface area (Å²) in [6.45, 7) is 3.31. The molecule has 0 aliphatic carbocycles. The summed E-state index contributed by atoms with van der Waals surface area (Å²) < 4.78 is 5.00. The molecule has 2 fully saturated rings. The van der Waals surface area contributed by atoms with Crippen molar-refractivity contribution in [2.45, 2.75) is 12.8 Å². The number of fused-ring (bicyclic) bond motifs is 1. The van der Waals surface area contributed by atoms with Crippen molar-refractivity contribution >= 4 is 23.1 Å². The average Bonchev–Trinajstić information content (AvgIpc) is 3.01. The molecule has 2 N–H and O–H groups in total. The summed E-state index contributed by atoms with van der Waals surface area (Å²) in [6.07, 6.45) is 1.33. The summed E-state index contributed by atoms with van der Waals surface area (Å²) in [4.78, 5) is 25.9.